The van der Waals surface area contributed by atoms with Crippen LogP contribution in [0.15, 0.2) is 36.4 Å². The number of rotatable bonds is 5. The third-order valence-electron chi connectivity index (χ3n) is 4.77. The lowest BCUT2D eigenvalue weighted by atomic mass is 10.0. The summed E-state index contributed by atoms with van der Waals surface area (Å²) in [5, 5.41) is 2.99. The number of nitrogens with zero attached hydrogens (tertiary/aromatic N) is 1. The molecule has 1 amide bonds. The predicted molar refractivity (Wildman–Crippen MR) is 90.3 cm³/mol. The Labute approximate surface area is 133 Å². The Morgan fingerprint density at radius 2 is 2.09 bits per heavy atom. The van der Waals surface area contributed by atoms with E-state index in [1.165, 1.54) is 11.1 Å². The Balaban J connectivity index is 1.71. The lowest BCUT2D eigenvalue weighted by Crippen LogP contribution is -2.29. The van der Waals surface area contributed by atoms with Crippen molar-refractivity contribution in [2.24, 2.45) is 17.8 Å². The second-order valence-corrected chi connectivity index (χ2v) is 7.03. The molecule has 1 N–H and O–H groups in total. The van der Waals surface area contributed by atoms with Crippen molar-refractivity contribution in [3.8, 4) is 0 Å². The van der Waals surface area contributed by atoms with Gasteiger partial charge in [0.25, 0.3) is 0 Å². The van der Waals surface area contributed by atoms with Gasteiger partial charge >= 0.3 is 0 Å². The summed E-state index contributed by atoms with van der Waals surface area (Å²) in [5.41, 5.74) is 2.71. The van der Waals surface area contributed by atoms with Crippen molar-refractivity contribution in [2.75, 3.05) is 26.2 Å². The van der Waals surface area contributed by atoms with Gasteiger partial charge in [0.1, 0.15) is 0 Å². The van der Waals surface area contributed by atoms with E-state index in [0.29, 0.717) is 11.8 Å². The highest BCUT2D eigenvalue weighted by molar-refractivity contribution is 5.82. The van der Waals surface area contributed by atoms with Crippen LogP contribution in [0.2, 0.25) is 0 Å². The SMILES string of the molecule is CC(C)CC=C(CN1C[C@@H]2CNC(=O)[C@@H]2C1)c1ccccc1. The number of hydrogen-bond donors (Lipinski definition) is 1. The summed E-state index contributed by atoms with van der Waals surface area (Å²) in [6.45, 7) is 8.26. The van der Waals surface area contributed by atoms with Gasteiger partial charge < -0.3 is 5.32 Å². The molecule has 0 saturated carbocycles. The molecule has 0 radical (unpaired) electrons. The number of nitrogens with one attached hydrogen (secondary N) is 1. The van der Waals surface area contributed by atoms with Crippen molar-refractivity contribution in [3.63, 3.8) is 0 Å². The summed E-state index contributed by atoms with van der Waals surface area (Å²) in [6.07, 6.45) is 3.49. The molecule has 118 valence electrons. The standard InChI is InChI=1S/C19H26N2O/c1-14(2)8-9-16(15-6-4-3-5-7-15)11-21-12-17-10-20-19(22)18(17)13-21/h3-7,9,14,17-18H,8,10-13H2,1-2H3,(H,20,22)/t17-,18+/m0/s1. The van der Waals surface area contributed by atoms with Gasteiger partial charge in [0.15, 0.2) is 0 Å². The molecule has 1 aromatic rings. The second-order valence-electron chi connectivity index (χ2n) is 7.03. The summed E-state index contributed by atoms with van der Waals surface area (Å²) in [5.74, 6) is 1.64. The Hall–Kier alpha value is -1.61. The Morgan fingerprint density at radius 3 is 2.77 bits per heavy atom. The van der Waals surface area contributed by atoms with Crippen molar-refractivity contribution in [3.05, 3.63) is 42.0 Å². The topological polar surface area (TPSA) is 32.3 Å². The molecule has 2 atom stereocenters. The van der Waals surface area contributed by atoms with Gasteiger partial charge in [-0.1, -0.05) is 50.3 Å². The minimum Gasteiger partial charge on any atom is -0.355 e. The normalized spacial score (nSPS) is 25.6. The molecule has 2 fully saturated rings. The summed E-state index contributed by atoms with van der Waals surface area (Å²) in [7, 11) is 0. The van der Waals surface area contributed by atoms with Crippen LogP contribution in [0.25, 0.3) is 5.57 Å². The third kappa shape index (κ3) is 3.41. The van der Waals surface area contributed by atoms with Crippen molar-refractivity contribution >= 4 is 11.5 Å². The Kier molecular flexibility index (Phi) is 4.63. The van der Waals surface area contributed by atoms with Gasteiger partial charge in [-0.3, -0.25) is 9.69 Å². The Bertz CT molecular complexity index is 550. The molecule has 0 spiro atoms. The third-order valence-corrected chi connectivity index (χ3v) is 4.77. The molecule has 22 heavy (non-hydrogen) atoms. The fraction of sp³-hybridized carbons (Fsp3) is 0.526. The maximum absolute atomic E-state index is 11.8. The van der Waals surface area contributed by atoms with Crippen LogP contribution in [0.5, 0.6) is 0 Å². The average molecular weight is 298 g/mol. The van der Waals surface area contributed by atoms with Gasteiger partial charge in [-0.05, 0) is 23.5 Å². The van der Waals surface area contributed by atoms with E-state index in [0.717, 1.165) is 32.6 Å². The number of benzene rings is 1. The van der Waals surface area contributed by atoms with E-state index in [1.54, 1.807) is 0 Å². The van der Waals surface area contributed by atoms with Gasteiger partial charge in [0.2, 0.25) is 5.91 Å². The largest absolute Gasteiger partial charge is 0.355 e. The highest BCUT2D eigenvalue weighted by Crippen LogP contribution is 2.29. The summed E-state index contributed by atoms with van der Waals surface area (Å²) >= 11 is 0. The summed E-state index contributed by atoms with van der Waals surface area (Å²) < 4.78 is 0. The fourth-order valence-electron chi connectivity index (χ4n) is 3.50. The smallest absolute Gasteiger partial charge is 0.224 e. The van der Waals surface area contributed by atoms with E-state index in [4.69, 9.17) is 0 Å². The van der Waals surface area contributed by atoms with Gasteiger partial charge in [-0.25, -0.2) is 0 Å². The zero-order chi connectivity index (χ0) is 15.5. The first kappa shape index (κ1) is 15.3. The molecule has 1 aromatic carbocycles. The fourth-order valence-corrected chi connectivity index (χ4v) is 3.50. The molecule has 0 aromatic heterocycles. The van der Waals surface area contributed by atoms with Crippen LogP contribution < -0.4 is 5.32 Å². The van der Waals surface area contributed by atoms with E-state index in [1.807, 2.05) is 0 Å². The summed E-state index contributed by atoms with van der Waals surface area (Å²) in [6, 6.07) is 10.6. The highest BCUT2D eigenvalue weighted by atomic mass is 16.2. The first-order chi connectivity index (χ1) is 10.6. The maximum atomic E-state index is 11.8. The predicted octanol–water partition coefficient (Wildman–Crippen LogP) is 2.79. The van der Waals surface area contributed by atoms with Gasteiger partial charge in [-0.2, -0.15) is 0 Å². The molecule has 2 saturated heterocycles. The molecule has 3 nitrogen and oxygen atoms in total. The highest BCUT2D eigenvalue weighted by Gasteiger charge is 2.41. The molecule has 2 aliphatic rings. The van der Waals surface area contributed by atoms with Crippen molar-refractivity contribution in [2.45, 2.75) is 20.3 Å². The quantitative estimate of drug-likeness (QED) is 0.906. The summed E-state index contributed by atoms with van der Waals surface area (Å²) in [4.78, 5) is 14.3. The van der Waals surface area contributed by atoms with Gasteiger partial charge in [-0.15, -0.1) is 0 Å². The first-order valence-electron chi connectivity index (χ1n) is 8.38. The van der Waals surface area contributed by atoms with Gasteiger partial charge in [0, 0.05) is 32.1 Å². The molecule has 2 heterocycles. The maximum Gasteiger partial charge on any atom is 0.224 e. The van der Waals surface area contributed by atoms with Crippen LogP contribution in [-0.4, -0.2) is 37.0 Å². The Morgan fingerprint density at radius 1 is 1.32 bits per heavy atom. The molecule has 3 heteroatoms. The molecular formula is C19H26N2O. The number of fused-ring (bicyclic) bond motifs is 1. The molecule has 3 rings (SSSR count). The monoisotopic (exact) mass is 298 g/mol. The van der Waals surface area contributed by atoms with Crippen molar-refractivity contribution in [1.29, 1.82) is 0 Å². The average Bonchev–Trinajstić information content (AvgIpc) is 3.06. The molecule has 2 aliphatic heterocycles. The number of carbonyl (C=O) groups excluding carboxylic acids is 1. The lowest BCUT2D eigenvalue weighted by molar-refractivity contribution is -0.122. The van der Waals surface area contributed by atoms with Crippen molar-refractivity contribution < 1.29 is 4.79 Å². The minimum atomic E-state index is 0.210. The van der Waals surface area contributed by atoms with E-state index in [2.05, 4.69) is 60.5 Å². The minimum absolute atomic E-state index is 0.210. The van der Waals surface area contributed by atoms with Crippen molar-refractivity contribution in [1.82, 2.24) is 10.2 Å². The van der Waals surface area contributed by atoms with E-state index >= 15 is 0 Å². The van der Waals surface area contributed by atoms with E-state index < -0.39 is 0 Å². The lowest BCUT2D eigenvalue weighted by Gasteiger charge is -2.20. The molecular weight excluding hydrogens is 272 g/mol. The molecule has 0 unspecified atom stereocenters. The van der Waals surface area contributed by atoms with E-state index in [-0.39, 0.29) is 11.8 Å². The molecule has 0 aliphatic carbocycles. The van der Waals surface area contributed by atoms with Crippen LogP contribution in [0.3, 0.4) is 0 Å². The van der Waals surface area contributed by atoms with Crippen LogP contribution in [0, 0.1) is 17.8 Å². The van der Waals surface area contributed by atoms with Crippen LogP contribution in [0.1, 0.15) is 25.8 Å². The second kappa shape index (κ2) is 6.66. The zero-order valence-corrected chi connectivity index (χ0v) is 13.6. The number of carbonyl (C=O) groups is 1. The van der Waals surface area contributed by atoms with Crippen LogP contribution >= 0.6 is 0 Å². The van der Waals surface area contributed by atoms with Gasteiger partial charge in [0.05, 0.1) is 5.92 Å². The molecule has 0 bridgehead atoms. The van der Waals surface area contributed by atoms with Crippen LogP contribution in [-0.2, 0) is 4.79 Å². The first-order valence-corrected chi connectivity index (χ1v) is 8.38. The number of allylic oxidation sites excluding steroid dienone is 1. The number of hydrogen-bond acceptors (Lipinski definition) is 2. The number of likely N-dealkylation sites (tertiary alicyclic amines) is 1. The van der Waals surface area contributed by atoms with E-state index in [9.17, 15) is 4.79 Å². The number of amides is 1. The van der Waals surface area contributed by atoms with Crippen LogP contribution in [0.4, 0.5) is 0 Å². The zero-order valence-electron chi connectivity index (χ0n) is 13.6.